The topological polar surface area (TPSA) is 106 Å². The minimum atomic E-state index is -0.584. The number of amides is 2. The molecule has 0 aromatic heterocycles. The zero-order valence-electron chi connectivity index (χ0n) is 21.2. The summed E-state index contributed by atoms with van der Waals surface area (Å²) in [5, 5.41) is 14.6. The first-order valence-corrected chi connectivity index (χ1v) is 13.5. The van der Waals surface area contributed by atoms with E-state index in [2.05, 4.69) is 22.8 Å². The third-order valence-electron chi connectivity index (χ3n) is 5.93. The van der Waals surface area contributed by atoms with Crippen molar-refractivity contribution in [2.45, 2.75) is 43.3 Å². The Labute approximate surface area is 226 Å². The molecule has 4 rings (SSSR count). The van der Waals surface area contributed by atoms with Crippen LogP contribution in [0.15, 0.2) is 83.8 Å². The van der Waals surface area contributed by atoms with E-state index in [9.17, 15) is 14.7 Å². The zero-order chi connectivity index (χ0) is 26.7. The molecule has 0 radical (unpaired) electrons. The number of nitrogens with one attached hydrogen (secondary N) is 2. The van der Waals surface area contributed by atoms with Crippen LogP contribution in [-0.2, 0) is 25.6 Å². The van der Waals surface area contributed by atoms with E-state index in [-0.39, 0.29) is 32.0 Å². The van der Waals surface area contributed by atoms with Gasteiger partial charge in [0.1, 0.15) is 6.54 Å². The summed E-state index contributed by atoms with van der Waals surface area (Å²) in [6.45, 7) is 1.76. The molecule has 8 nitrogen and oxygen atoms in total. The molecule has 0 spiro atoms. The predicted octanol–water partition coefficient (Wildman–Crippen LogP) is 5.20. The number of ether oxygens (including phenoxy) is 3. The van der Waals surface area contributed by atoms with Gasteiger partial charge in [0.15, 0.2) is 6.29 Å². The second-order valence-corrected chi connectivity index (χ2v) is 9.80. The lowest BCUT2D eigenvalue weighted by Gasteiger charge is -2.36. The molecule has 9 heteroatoms. The Morgan fingerprint density at radius 3 is 2.37 bits per heavy atom. The Kier molecular flexibility index (Phi) is 10.2. The van der Waals surface area contributed by atoms with Crippen molar-refractivity contribution in [3.05, 3.63) is 95.6 Å². The molecule has 0 aliphatic carbocycles. The molecule has 200 valence electrons. The van der Waals surface area contributed by atoms with Crippen LogP contribution in [0.1, 0.15) is 42.4 Å². The van der Waals surface area contributed by atoms with Crippen LogP contribution in [-0.4, -0.2) is 42.1 Å². The second kappa shape index (κ2) is 14.0. The summed E-state index contributed by atoms with van der Waals surface area (Å²) in [5.74, 6) is 0.278. The van der Waals surface area contributed by atoms with Crippen molar-refractivity contribution < 1.29 is 28.9 Å². The molecular weight excluding hydrogens is 504 g/mol. The maximum absolute atomic E-state index is 12.1. The lowest BCUT2D eigenvalue weighted by molar-refractivity contribution is -0.245. The van der Waals surface area contributed by atoms with Crippen LogP contribution in [0.5, 0.6) is 0 Å². The predicted molar refractivity (Wildman–Crippen MR) is 146 cm³/mol. The highest BCUT2D eigenvalue weighted by molar-refractivity contribution is 7.99. The molecule has 3 atom stereocenters. The maximum Gasteiger partial charge on any atom is 0.325 e. The summed E-state index contributed by atoms with van der Waals surface area (Å²) in [6, 6.07) is 24.7. The van der Waals surface area contributed by atoms with Gasteiger partial charge in [0.05, 0.1) is 25.4 Å². The van der Waals surface area contributed by atoms with E-state index in [1.54, 1.807) is 30.8 Å². The summed E-state index contributed by atoms with van der Waals surface area (Å²) in [7, 11) is 0. The number of benzene rings is 3. The van der Waals surface area contributed by atoms with Crippen LogP contribution in [0.4, 0.5) is 10.5 Å². The van der Waals surface area contributed by atoms with Gasteiger partial charge in [0, 0.05) is 28.3 Å². The highest BCUT2D eigenvalue weighted by Crippen LogP contribution is 2.39. The molecule has 1 fully saturated rings. The fourth-order valence-electron chi connectivity index (χ4n) is 3.99. The fourth-order valence-corrected chi connectivity index (χ4v) is 4.93. The Morgan fingerprint density at radius 1 is 0.974 bits per heavy atom. The normalized spacial score (nSPS) is 18.9. The van der Waals surface area contributed by atoms with Crippen LogP contribution in [0, 0.1) is 0 Å². The van der Waals surface area contributed by atoms with E-state index in [0.29, 0.717) is 12.1 Å². The van der Waals surface area contributed by atoms with Crippen LogP contribution in [0.2, 0.25) is 0 Å². The molecule has 2 amide bonds. The number of urea groups is 1. The van der Waals surface area contributed by atoms with Gasteiger partial charge in [-0.3, -0.25) is 4.79 Å². The zero-order valence-corrected chi connectivity index (χ0v) is 22.0. The van der Waals surface area contributed by atoms with Crippen LogP contribution in [0.25, 0.3) is 0 Å². The van der Waals surface area contributed by atoms with Crippen molar-refractivity contribution in [2.75, 3.05) is 24.2 Å². The van der Waals surface area contributed by atoms with Crippen LogP contribution >= 0.6 is 11.8 Å². The number of carbonyl (C=O) groups is 2. The van der Waals surface area contributed by atoms with E-state index in [4.69, 9.17) is 14.2 Å². The number of hydrogen-bond donors (Lipinski definition) is 3. The minimum Gasteiger partial charge on any atom is -0.465 e. The van der Waals surface area contributed by atoms with Crippen molar-refractivity contribution in [3.8, 4) is 0 Å². The van der Waals surface area contributed by atoms with E-state index < -0.39 is 18.3 Å². The van der Waals surface area contributed by atoms with Crippen molar-refractivity contribution in [2.24, 2.45) is 0 Å². The average molecular weight is 537 g/mol. The Hall–Kier alpha value is -3.37. The van der Waals surface area contributed by atoms with Gasteiger partial charge in [0.25, 0.3) is 0 Å². The highest BCUT2D eigenvalue weighted by atomic mass is 32.2. The van der Waals surface area contributed by atoms with Crippen molar-refractivity contribution in [3.63, 3.8) is 0 Å². The third kappa shape index (κ3) is 8.06. The average Bonchev–Trinajstić information content (AvgIpc) is 2.96. The lowest BCUT2D eigenvalue weighted by Crippen LogP contribution is -2.34. The molecule has 3 N–H and O–H groups in total. The van der Waals surface area contributed by atoms with Gasteiger partial charge in [-0.1, -0.05) is 54.6 Å². The molecule has 38 heavy (non-hydrogen) atoms. The molecule has 0 saturated carbocycles. The van der Waals surface area contributed by atoms with Crippen molar-refractivity contribution >= 4 is 29.4 Å². The summed E-state index contributed by atoms with van der Waals surface area (Å²) in [5.41, 5.74) is 3.27. The number of rotatable bonds is 10. The maximum atomic E-state index is 12.1. The standard InChI is InChI=1S/C29H32N2O6S/c1-2-35-27(33)17-30-29(34)31-23-14-12-22(13-15-23)28-36-24(19-38-25-6-4-3-5-7-25)16-26(37-28)21-10-8-20(18-32)9-11-21/h3-15,24,26,28,32H,2,16-19H2,1H3,(H2,30,31,34)/t24-,26+,28+/m0/s1. The molecule has 3 aromatic carbocycles. The number of hydrogen-bond acceptors (Lipinski definition) is 7. The van der Waals surface area contributed by atoms with E-state index in [1.807, 2.05) is 54.6 Å². The summed E-state index contributed by atoms with van der Waals surface area (Å²) in [6.07, 6.45) is -0.101. The molecule has 1 saturated heterocycles. The Morgan fingerprint density at radius 2 is 1.68 bits per heavy atom. The van der Waals surface area contributed by atoms with Gasteiger partial charge >= 0.3 is 12.0 Å². The van der Waals surface area contributed by atoms with Crippen LogP contribution in [0.3, 0.4) is 0 Å². The molecule has 0 unspecified atom stereocenters. The summed E-state index contributed by atoms with van der Waals surface area (Å²) in [4.78, 5) is 24.7. The molecule has 1 heterocycles. The van der Waals surface area contributed by atoms with E-state index >= 15 is 0 Å². The Balaban J connectivity index is 1.42. The van der Waals surface area contributed by atoms with Crippen molar-refractivity contribution in [1.82, 2.24) is 5.32 Å². The molecular formula is C29H32N2O6S. The van der Waals surface area contributed by atoms with E-state index in [1.165, 1.54) is 4.90 Å². The minimum absolute atomic E-state index is 0.00485. The lowest BCUT2D eigenvalue weighted by atomic mass is 10.0. The van der Waals surface area contributed by atoms with E-state index in [0.717, 1.165) is 22.4 Å². The molecule has 0 bridgehead atoms. The largest absolute Gasteiger partial charge is 0.465 e. The molecule has 3 aromatic rings. The fraction of sp³-hybridized carbons (Fsp3) is 0.310. The summed E-state index contributed by atoms with van der Waals surface area (Å²) < 4.78 is 17.6. The third-order valence-corrected chi connectivity index (χ3v) is 7.08. The second-order valence-electron chi connectivity index (χ2n) is 8.71. The monoisotopic (exact) mass is 536 g/mol. The van der Waals surface area contributed by atoms with Gasteiger partial charge in [0.2, 0.25) is 0 Å². The first-order valence-electron chi connectivity index (χ1n) is 12.5. The van der Waals surface area contributed by atoms with Gasteiger partial charge in [-0.2, -0.15) is 0 Å². The number of aliphatic hydroxyl groups is 1. The Bertz CT molecular complexity index is 1170. The van der Waals surface area contributed by atoms with Crippen molar-refractivity contribution in [1.29, 1.82) is 0 Å². The van der Waals surface area contributed by atoms with Gasteiger partial charge in [-0.05, 0) is 42.3 Å². The quantitative estimate of drug-likeness (QED) is 0.242. The summed E-state index contributed by atoms with van der Waals surface area (Å²) >= 11 is 1.75. The number of anilines is 1. The first kappa shape index (κ1) is 27.7. The number of aliphatic hydroxyl groups excluding tert-OH is 1. The SMILES string of the molecule is CCOC(=O)CNC(=O)Nc1ccc([C@@H]2O[C@H](CSc3ccccc3)C[C@H](c3ccc(CO)cc3)O2)cc1. The highest BCUT2D eigenvalue weighted by Gasteiger charge is 2.32. The number of esters is 1. The van der Waals surface area contributed by atoms with Crippen LogP contribution < -0.4 is 10.6 Å². The van der Waals surface area contributed by atoms with Gasteiger partial charge in [-0.25, -0.2) is 4.79 Å². The van der Waals surface area contributed by atoms with Gasteiger partial charge < -0.3 is 30.0 Å². The number of carbonyl (C=O) groups excluding carboxylic acids is 2. The first-order chi connectivity index (χ1) is 18.5. The molecule has 1 aliphatic heterocycles. The number of thioether (sulfide) groups is 1. The molecule has 1 aliphatic rings. The smallest absolute Gasteiger partial charge is 0.325 e. The van der Waals surface area contributed by atoms with Gasteiger partial charge in [-0.15, -0.1) is 11.8 Å².